The van der Waals surface area contributed by atoms with Gasteiger partial charge in [0, 0.05) is 18.2 Å². The Balaban J connectivity index is 2.16. The Kier molecular flexibility index (Phi) is 3.87. The maximum atomic E-state index is 13.4. The van der Waals surface area contributed by atoms with Gasteiger partial charge in [0.05, 0.1) is 6.61 Å². The number of esters is 1. The Morgan fingerprint density at radius 1 is 1.40 bits per heavy atom. The number of hydrogen-bond donors (Lipinski definition) is 1. The third-order valence-electron chi connectivity index (χ3n) is 2.74. The predicted octanol–water partition coefficient (Wildman–Crippen LogP) is 2.11. The molecular weight excluding hydrogens is 272 g/mol. The molecule has 108 valence electrons. The molecule has 0 fully saturated rings. The Morgan fingerprint density at radius 2 is 2.15 bits per heavy atom. The zero-order chi connectivity index (χ0) is 14.8. The van der Waals surface area contributed by atoms with Crippen LogP contribution >= 0.6 is 0 Å². The number of alkyl halides is 2. The molecule has 2 rings (SSSR count). The second kappa shape index (κ2) is 5.44. The highest BCUT2D eigenvalue weighted by atomic mass is 19.3. The van der Waals surface area contributed by atoms with Gasteiger partial charge in [-0.3, -0.25) is 4.79 Å². The molecule has 1 aromatic rings. The fourth-order valence-corrected chi connectivity index (χ4v) is 1.82. The number of ether oxygens (including phenoxy) is 2. The maximum Gasteiger partial charge on any atom is 0.502 e. The number of carbonyl (C=O) groups excluding carboxylic acids is 2. The molecule has 20 heavy (non-hydrogen) atoms. The summed E-state index contributed by atoms with van der Waals surface area (Å²) in [6.07, 6.45) is -3.18. The van der Waals surface area contributed by atoms with E-state index in [4.69, 9.17) is 0 Å². The van der Waals surface area contributed by atoms with E-state index in [0.717, 1.165) is 5.56 Å². The fourth-order valence-electron chi connectivity index (χ4n) is 1.82. The molecule has 0 radical (unpaired) electrons. The van der Waals surface area contributed by atoms with E-state index in [1.54, 1.807) is 6.07 Å². The third kappa shape index (κ3) is 3.04. The van der Waals surface area contributed by atoms with Crippen LogP contribution in [0.4, 0.5) is 14.5 Å². The van der Waals surface area contributed by atoms with Crippen molar-refractivity contribution < 1.29 is 27.8 Å². The van der Waals surface area contributed by atoms with Gasteiger partial charge >= 0.3 is 12.1 Å². The standard InChI is InChI=1S/C13H13F2NO4/c1-2-19-12(18)13(14,15)20-9-5-3-8-4-6-11(17)16-10(8)7-9/h3,5,7H,2,4,6H2,1H3,(H,16,17). The summed E-state index contributed by atoms with van der Waals surface area (Å²) < 4.78 is 35.4. The zero-order valence-electron chi connectivity index (χ0n) is 10.7. The first-order valence-electron chi connectivity index (χ1n) is 6.09. The van der Waals surface area contributed by atoms with Crippen molar-refractivity contribution in [3.8, 4) is 5.75 Å². The minimum Gasteiger partial charge on any atom is -0.459 e. The predicted molar refractivity (Wildman–Crippen MR) is 65.6 cm³/mol. The number of nitrogens with one attached hydrogen (secondary N) is 1. The Bertz CT molecular complexity index is 545. The molecule has 0 spiro atoms. The van der Waals surface area contributed by atoms with Gasteiger partial charge in [-0.15, -0.1) is 0 Å². The number of benzene rings is 1. The summed E-state index contributed by atoms with van der Waals surface area (Å²) >= 11 is 0. The van der Waals surface area contributed by atoms with Gasteiger partial charge in [-0.25, -0.2) is 4.79 Å². The highest BCUT2D eigenvalue weighted by molar-refractivity contribution is 5.94. The Morgan fingerprint density at radius 3 is 2.85 bits per heavy atom. The van der Waals surface area contributed by atoms with E-state index in [0.29, 0.717) is 18.5 Å². The van der Waals surface area contributed by atoms with Gasteiger partial charge in [-0.1, -0.05) is 6.07 Å². The number of amides is 1. The monoisotopic (exact) mass is 285 g/mol. The second-order valence-electron chi connectivity index (χ2n) is 4.21. The molecule has 1 aliphatic heterocycles. The van der Waals surface area contributed by atoms with Gasteiger partial charge in [-0.05, 0) is 25.0 Å². The van der Waals surface area contributed by atoms with Crippen molar-refractivity contribution in [1.82, 2.24) is 0 Å². The summed E-state index contributed by atoms with van der Waals surface area (Å²) in [6, 6.07) is 4.16. The van der Waals surface area contributed by atoms with Crippen LogP contribution < -0.4 is 10.1 Å². The van der Waals surface area contributed by atoms with Gasteiger partial charge in [-0.2, -0.15) is 8.78 Å². The summed E-state index contributed by atoms with van der Waals surface area (Å²) in [7, 11) is 0. The van der Waals surface area contributed by atoms with E-state index < -0.39 is 12.1 Å². The molecule has 0 atom stereocenters. The molecule has 1 aliphatic rings. The van der Waals surface area contributed by atoms with E-state index in [-0.39, 0.29) is 18.3 Å². The average molecular weight is 285 g/mol. The molecular formula is C13H13F2NO4. The minimum atomic E-state index is -4.07. The van der Waals surface area contributed by atoms with Crippen molar-refractivity contribution in [2.75, 3.05) is 11.9 Å². The van der Waals surface area contributed by atoms with Crippen LogP contribution in [-0.2, 0) is 20.7 Å². The highest BCUT2D eigenvalue weighted by Gasteiger charge is 2.44. The summed E-state index contributed by atoms with van der Waals surface area (Å²) in [5.41, 5.74) is 1.25. The van der Waals surface area contributed by atoms with Crippen molar-refractivity contribution >= 4 is 17.6 Å². The lowest BCUT2D eigenvalue weighted by molar-refractivity contribution is -0.216. The van der Waals surface area contributed by atoms with Gasteiger partial charge in [0.25, 0.3) is 0 Å². The number of rotatable bonds is 4. The lowest BCUT2D eigenvalue weighted by Crippen LogP contribution is -2.37. The second-order valence-corrected chi connectivity index (χ2v) is 4.21. The first kappa shape index (κ1) is 14.2. The van der Waals surface area contributed by atoms with Crippen LogP contribution in [0.3, 0.4) is 0 Å². The number of carbonyl (C=O) groups is 2. The first-order chi connectivity index (χ1) is 9.42. The van der Waals surface area contributed by atoms with Crippen molar-refractivity contribution in [3.05, 3.63) is 23.8 Å². The molecule has 7 heteroatoms. The molecule has 0 saturated carbocycles. The van der Waals surface area contributed by atoms with E-state index in [1.165, 1.54) is 19.1 Å². The van der Waals surface area contributed by atoms with Crippen molar-refractivity contribution in [1.29, 1.82) is 0 Å². The quantitative estimate of drug-likeness (QED) is 0.860. The number of hydrogen-bond acceptors (Lipinski definition) is 4. The lowest BCUT2D eigenvalue weighted by Gasteiger charge is -2.20. The van der Waals surface area contributed by atoms with Crippen LogP contribution in [0.2, 0.25) is 0 Å². The maximum absolute atomic E-state index is 13.4. The van der Waals surface area contributed by atoms with Gasteiger partial charge < -0.3 is 14.8 Å². The topological polar surface area (TPSA) is 64.6 Å². The van der Waals surface area contributed by atoms with Crippen LogP contribution in [0.15, 0.2) is 18.2 Å². The lowest BCUT2D eigenvalue weighted by atomic mass is 10.0. The van der Waals surface area contributed by atoms with E-state index in [1.807, 2.05) is 0 Å². The molecule has 1 N–H and O–H groups in total. The van der Waals surface area contributed by atoms with Crippen molar-refractivity contribution in [2.45, 2.75) is 25.9 Å². The van der Waals surface area contributed by atoms with Crippen LogP contribution in [0.25, 0.3) is 0 Å². The van der Waals surface area contributed by atoms with E-state index in [2.05, 4.69) is 14.8 Å². The summed E-state index contributed by atoms with van der Waals surface area (Å²) in [5, 5.41) is 2.56. The first-order valence-corrected chi connectivity index (χ1v) is 6.09. The zero-order valence-corrected chi connectivity index (χ0v) is 10.7. The van der Waals surface area contributed by atoms with Crippen LogP contribution in [0.5, 0.6) is 5.75 Å². The van der Waals surface area contributed by atoms with Crippen LogP contribution in [0.1, 0.15) is 18.9 Å². The van der Waals surface area contributed by atoms with Gasteiger partial charge in [0.15, 0.2) is 0 Å². The molecule has 0 aliphatic carbocycles. The molecule has 1 heterocycles. The normalized spacial score (nSPS) is 14.2. The molecule has 0 bridgehead atoms. The summed E-state index contributed by atoms with van der Waals surface area (Å²) in [6.45, 7) is 1.25. The number of fused-ring (bicyclic) bond motifs is 1. The number of anilines is 1. The van der Waals surface area contributed by atoms with E-state index >= 15 is 0 Å². The summed E-state index contributed by atoms with van der Waals surface area (Å²) in [4.78, 5) is 22.3. The molecule has 0 unspecified atom stereocenters. The number of halogens is 2. The fraction of sp³-hybridized carbons (Fsp3) is 0.385. The van der Waals surface area contributed by atoms with Crippen molar-refractivity contribution in [2.24, 2.45) is 0 Å². The largest absolute Gasteiger partial charge is 0.502 e. The van der Waals surface area contributed by atoms with Crippen LogP contribution in [0, 0.1) is 0 Å². The highest BCUT2D eigenvalue weighted by Crippen LogP contribution is 2.30. The van der Waals surface area contributed by atoms with Crippen LogP contribution in [-0.4, -0.2) is 24.6 Å². The summed E-state index contributed by atoms with van der Waals surface area (Å²) in [5.74, 6) is -2.16. The molecule has 0 saturated heterocycles. The molecule has 1 amide bonds. The average Bonchev–Trinajstić information content (AvgIpc) is 2.38. The smallest absolute Gasteiger partial charge is 0.459 e. The Hall–Kier alpha value is -2.18. The molecule has 1 aromatic carbocycles. The van der Waals surface area contributed by atoms with E-state index in [9.17, 15) is 18.4 Å². The van der Waals surface area contributed by atoms with Gasteiger partial charge in [0.2, 0.25) is 5.91 Å². The number of aryl methyl sites for hydroxylation is 1. The van der Waals surface area contributed by atoms with Gasteiger partial charge in [0.1, 0.15) is 5.75 Å². The molecule has 5 nitrogen and oxygen atoms in total. The Labute approximate surface area is 113 Å². The SMILES string of the molecule is CCOC(=O)C(F)(F)Oc1ccc2c(c1)NC(=O)CC2. The minimum absolute atomic E-state index is 0.169. The molecule has 0 aromatic heterocycles. The third-order valence-corrected chi connectivity index (χ3v) is 2.74. The van der Waals surface area contributed by atoms with Crippen molar-refractivity contribution in [3.63, 3.8) is 0 Å².